The van der Waals surface area contributed by atoms with Gasteiger partial charge in [0.25, 0.3) is 0 Å². The van der Waals surface area contributed by atoms with Crippen LogP contribution < -0.4 is 11.1 Å². The highest BCUT2D eigenvalue weighted by atomic mass is 16.2. The molecule has 1 aliphatic rings. The van der Waals surface area contributed by atoms with E-state index in [4.69, 9.17) is 5.73 Å². The Hall–Kier alpha value is -0.770. The molecule has 1 heterocycles. The van der Waals surface area contributed by atoms with E-state index >= 15 is 0 Å². The van der Waals surface area contributed by atoms with E-state index in [-0.39, 0.29) is 17.5 Å². The van der Waals surface area contributed by atoms with Crippen LogP contribution >= 0.6 is 0 Å². The van der Waals surface area contributed by atoms with Gasteiger partial charge in [0.1, 0.15) is 0 Å². The fourth-order valence-electron chi connectivity index (χ4n) is 1.79. The van der Waals surface area contributed by atoms with Gasteiger partial charge in [0.15, 0.2) is 0 Å². The fourth-order valence-corrected chi connectivity index (χ4v) is 1.79. The second-order valence-electron chi connectivity index (χ2n) is 5.30. The second kappa shape index (κ2) is 4.84. The molecule has 1 rings (SSSR count). The lowest BCUT2D eigenvalue weighted by atomic mass is 9.87. The lowest BCUT2D eigenvalue weighted by molar-refractivity contribution is 0.190. The van der Waals surface area contributed by atoms with Crippen LogP contribution in [-0.4, -0.2) is 36.6 Å². The number of nitrogens with zero attached hydrogens (tertiary/aromatic N) is 1. The molecule has 4 heteroatoms. The van der Waals surface area contributed by atoms with Gasteiger partial charge in [-0.05, 0) is 18.3 Å². The molecular weight excluding hydrogens is 190 g/mol. The van der Waals surface area contributed by atoms with Gasteiger partial charge in [-0.25, -0.2) is 4.79 Å². The summed E-state index contributed by atoms with van der Waals surface area (Å²) in [6.45, 7) is 8.53. The van der Waals surface area contributed by atoms with Crippen molar-refractivity contribution in [2.75, 3.05) is 19.6 Å². The molecule has 0 aliphatic carbocycles. The molecule has 1 saturated heterocycles. The maximum atomic E-state index is 11.8. The summed E-state index contributed by atoms with van der Waals surface area (Å²) >= 11 is 0. The van der Waals surface area contributed by atoms with Crippen LogP contribution in [0.1, 0.15) is 33.6 Å². The van der Waals surface area contributed by atoms with E-state index in [2.05, 4.69) is 26.1 Å². The largest absolute Gasteiger partial charge is 0.333 e. The van der Waals surface area contributed by atoms with E-state index in [9.17, 15) is 4.79 Å². The Morgan fingerprint density at radius 1 is 1.40 bits per heavy atom. The SMILES string of the molecule is CC(C)(C)C(CN)NC(=O)N1CCCC1. The highest BCUT2D eigenvalue weighted by molar-refractivity contribution is 5.74. The molecule has 2 amide bonds. The summed E-state index contributed by atoms with van der Waals surface area (Å²) in [5.41, 5.74) is 5.69. The zero-order chi connectivity index (χ0) is 11.5. The number of urea groups is 1. The van der Waals surface area contributed by atoms with Crippen molar-refractivity contribution in [3.05, 3.63) is 0 Å². The van der Waals surface area contributed by atoms with Gasteiger partial charge < -0.3 is 16.0 Å². The van der Waals surface area contributed by atoms with Gasteiger partial charge in [-0.15, -0.1) is 0 Å². The third-order valence-electron chi connectivity index (χ3n) is 2.97. The van der Waals surface area contributed by atoms with Crippen molar-refractivity contribution in [3.8, 4) is 0 Å². The first-order valence-electron chi connectivity index (χ1n) is 5.70. The topological polar surface area (TPSA) is 58.4 Å². The van der Waals surface area contributed by atoms with Crippen molar-refractivity contribution in [3.63, 3.8) is 0 Å². The van der Waals surface area contributed by atoms with E-state index in [1.54, 1.807) is 0 Å². The zero-order valence-electron chi connectivity index (χ0n) is 10.0. The number of likely N-dealkylation sites (tertiary alicyclic amines) is 1. The summed E-state index contributed by atoms with van der Waals surface area (Å²) < 4.78 is 0. The number of nitrogens with one attached hydrogen (secondary N) is 1. The summed E-state index contributed by atoms with van der Waals surface area (Å²) in [4.78, 5) is 13.7. The van der Waals surface area contributed by atoms with Gasteiger partial charge in [0, 0.05) is 25.7 Å². The van der Waals surface area contributed by atoms with Gasteiger partial charge in [-0.2, -0.15) is 0 Å². The molecule has 0 aromatic heterocycles. The van der Waals surface area contributed by atoms with E-state index in [1.165, 1.54) is 0 Å². The van der Waals surface area contributed by atoms with Crippen molar-refractivity contribution >= 4 is 6.03 Å². The lowest BCUT2D eigenvalue weighted by Gasteiger charge is -2.32. The summed E-state index contributed by atoms with van der Waals surface area (Å²) in [6.07, 6.45) is 2.24. The Labute approximate surface area is 92.2 Å². The first kappa shape index (κ1) is 12.3. The van der Waals surface area contributed by atoms with Gasteiger partial charge in [0.2, 0.25) is 0 Å². The van der Waals surface area contributed by atoms with Crippen LogP contribution in [0.15, 0.2) is 0 Å². The highest BCUT2D eigenvalue weighted by Crippen LogP contribution is 2.19. The standard InChI is InChI=1S/C11H23N3O/c1-11(2,3)9(8-12)13-10(15)14-6-4-5-7-14/h9H,4-8,12H2,1-3H3,(H,13,15). The Kier molecular flexibility index (Phi) is 3.97. The maximum absolute atomic E-state index is 11.8. The van der Waals surface area contributed by atoms with Crippen molar-refractivity contribution < 1.29 is 4.79 Å². The Morgan fingerprint density at radius 3 is 2.33 bits per heavy atom. The predicted molar refractivity (Wildman–Crippen MR) is 61.6 cm³/mol. The molecule has 3 N–H and O–H groups in total. The van der Waals surface area contributed by atoms with Crippen molar-refractivity contribution in [1.82, 2.24) is 10.2 Å². The molecular formula is C11H23N3O. The molecule has 0 bridgehead atoms. The van der Waals surface area contributed by atoms with E-state index in [0.717, 1.165) is 25.9 Å². The van der Waals surface area contributed by atoms with Crippen LogP contribution in [-0.2, 0) is 0 Å². The first-order chi connectivity index (χ1) is 6.95. The molecule has 15 heavy (non-hydrogen) atoms. The van der Waals surface area contributed by atoms with Crippen LogP contribution in [0.3, 0.4) is 0 Å². The number of amides is 2. The average molecular weight is 213 g/mol. The Morgan fingerprint density at radius 2 is 1.93 bits per heavy atom. The van der Waals surface area contributed by atoms with Crippen molar-refractivity contribution in [2.24, 2.45) is 11.1 Å². The summed E-state index contributed by atoms with van der Waals surface area (Å²) in [5.74, 6) is 0. The normalized spacial score (nSPS) is 19.1. The molecule has 88 valence electrons. The summed E-state index contributed by atoms with van der Waals surface area (Å²) in [6, 6.07) is 0.0866. The van der Waals surface area contributed by atoms with Crippen LogP contribution in [0.2, 0.25) is 0 Å². The molecule has 0 saturated carbocycles. The average Bonchev–Trinajstić information content (AvgIpc) is 2.64. The molecule has 0 aromatic carbocycles. The first-order valence-corrected chi connectivity index (χ1v) is 5.70. The number of hydrogen-bond donors (Lipinski definition) is 2. The highest BCUT2D eigenvalue weighted by Gasteiger charge is 2.27. The molecule has 1 fully saturated rings. The van der Waals surface area contributed by atoms with E-state index in [1.807, 2.05) is 4.90 Å². The fraction of sp³-hybridized carbons (Fsp3) is 0.909. The number of hydrogen-bond acceptors (Lipinski definition) is 2. The smallest absolute Gasteiger partial charge is 0.317 e. The Bertz CT molecular complexity index is 216. The minimum Gasteiger partial charge on any atom is -0.333 e. The van der Waals surface area contributed by atoms with E-state index in [0.29, 0.717) is 6.54 Å². The van der Waals surface area contributed by atoms with Gasteiger partial charge in [-0.1, -0.05) is 20.8 Å². The molecule has 1 atom stereocenters. The molecule has 0 radical (unpaired) electrons. The third-order valence-corrected chi connectivity index (χ3v) is 2.97. The van der Waals surface area contributed by atoms with Crippen LogP contribution in [0.25, 0.3) is 0 Å². The predicted octanol–water partition coefficient (Wildman–Crippen LogP) is 1.17. The summed E-state index contributed by atoms with van der Waals surface area (Å²) in [7, 11) is 0. The van der Waals surface area contributed by atoms with Crippen molar-refractivity contribution in [2.45, 2.75) is 39.7 Å². The molecule has 0 aromatic rings. The van der Waals surface area contributed by atoms with Crippen LogP contribution in [0.4, 0.5) is 4.79 Å². The maximum Gasteiger partial charge on any atom is 0.317 e. The van der Waals surface area contributed by atoms with E-state index < -0.39 is 0 Å². The van der Waals surface area contributed by atoms with Crippen molar-refractivity contribution in [1.29, 1.82) is 0 Å². The lowest BCUT2D eigenvalue weighted by Crippen LogP contribution is -2.52. The Balaban J connectivity index is 2.47. The zero-order valence-corrected chi connectivity index (χ0v) is 10.0. The minimum atomic E-state index is 0.0180. The number of carbonyl (C=O) groups is 1. The molecule has 1 aliphatic heterocycles. The number of carbonyl (C=O) groups excluding carboxylic acids is 1. The number of rotatable bonds is 2. The molecule has 1 unspecified atom stereocenters. The summed E-state index contributed by atoms with van der Waals surface area (Å²) in [5, 5.41) is 3.01. The third kappa shape index (κ3) is 3.38. The molecule has 0 spiro atoms. The van der Waals surface area contributed by atoms with Gasteiger partial charge >= 0.3 is 6.03 Å². The quantitative estimate of drug-likeness (QED) is 0.723. The van der Waals surface area contributed by atoms with Crippen LogP contribution in [0, 0.1) is 5.41 Å². The van der Waals surface area contributed by atoms with Crippen LogP contribution in [0.5, 0.6) is 0 Å². The van der Waals surface area contributed by atoms with Gasteiger partial charge in [-0.3, -0.25) is 0 Å². The monoisotopic (exact) mass is 213 g/mol. The second-order valence-corrected chi connectivity index (χ2v) is 5.30. The number of nitrogens with two attached hydrogens (primary N) is 1. The minimum absolute atomic E-state index is 0.0180. The van der Waals surface area contributed by atoms with Gasteiger partial charge in [0.05, 0.1) is 0 Å². The molecule has 4 nitrogen and oxygen atoms in total.